The first-order valence-corrected chi connectivity index (χ1v) is 8.49. The molecule has 0 aliphatic rings. The van der Waals surface area contributed by atoms with Crippen LogP contribution in [0.3, 0.4) is 0 Å². The molecule has 0 fully saturated rings. The van der Waals surface area contributed by atoms with Gasteiger partial charge in [-0.2, -0.15) is 10.4 Å². The molecular weight excluding hydrogens is 376 g/mol. The molecule has 0 unspecified atom stereocenters. The molecule has 2 aromatic carbocycles. The van der Waals surface area contributed by atoms with E-state index in [1.165, 1.54) is 27.9 Å². The Hall–Kier alpha value is -4.19. The summed E-state index contributed by atoms with van der Waals surface area (Å²) >= 11 is 0. The molecule has 4 aromatic rings. The van der Waals surface area contributed by atoms with Crippen LogP contribution < -0.4 is 5.49 Å². The molecule has 0 amide bonds. The van der Waals surface area contributed by atoms with Crippen LogP contribution in [-0.4, -0.2) is 25.4 Å². The van der Waals surface area contributed by atoms with Crippen molar-refractivity contribution < 1.29 is 8.78 Å². The minimum absolute atomic E-state index is 0.0377. The van der Waals surface area contributed by atoms with E-state index in [-0.39, 0.29) is 22.3 Å². The summed E-state index contributed by atoms with van der Waals surface area (Å²) in [5, 5.41) is 21.4. The lowest BCUT2D eigenvalue weighted by Gasteiger charge is -2.07. The van der Waals surface area contributed by atoms with Crippen molar-refractivity contribution in [2.75, 3.05) is 0 Å². The van der Waals surface area contributed by atoms with Crippen LogP contribution in [0.4, 0.5) is 8.78 Å². The number of aromatic nitrogens is 4. The van der Waals surface area contributed by atoms with Gasteiger partial charge in [-0.05, 0) is 36.8 Å². The van der Waals surface area contributed by atoms with Crippen LogP contribution in [0.1, 0.15) is 17.0 Å². The Labute approximate surface area is 163 Å². The van der Waals surface area contributed by atoms with E-state index in [1.807, 2.05) is 6.07 Å². The topological polar surface area (TPSA) is 95.6 Å². The molecular formula is C20H13F2N7. The smallest absolute Gasteiger partial charge is 0.177 e. The van der Waals surface area contributed by atoms with Crippen molar-refractivity contribution in [1.29, 1.82) is 10.7 Å². The van der Waals surface area contributed by atoms with Gasteiger partial charge >= 0.3 is 0 Å². The van der Waals surface area contributed by atoms with Gasteiger partial charge < -0.3 is 0 Å². The molecule has 29 heavy (non-hydrogen) atoms. The van der Waals surface area contributed by atoms with Crippen LogP contribution in [0.15, 0.2) is 53.9 Å². The van der Waals surface area contributed by atoms with Gasteiger partial charge in [0.25, 0.3) is 0 Å². The van der Waals surface area contributed by atoms with Gasteiger partial charge in [-0.1, -0.05) is 12.1 Å². The van der Waals surface area contributed by atoms with Crippen molar-refractivity contribution in [3.05, 3.63) is 82.9 Å². The molecule has 0 aliphatic carbocycles. The van der Waals surface area contributed by atoms with Gasteiger partial charge in [-0.15, -0.1) is 0 Å². The number of nitrogens with one attached hydrogen (secondary N) is 1. The maximum atomic E-state index is 14.3. The van der Waals surface area contributed by atoms with E-state index in [9.17, 15) is 8.78 Å². The SMILES string of the molecule is Cc1nc2c(=N)n(N=Cc3ccc(C#N)cc3)cnc2n1-c1ccc(F)cc1F. The first-order valence-electron chi connectivity index (χ1n) is 8.49. The van der Waals surface area contributed by atoms with Gasteiger partial charge in [0, 0.05) is 6.07 Å². The van der Waals surface area contributed by atoms with Crippen LogP contribution >= 0.6 is 0 Å². The first-order chi connectivity index (χ1) is 14.0. The Morgan fingerprint density at radius 2 is 1.93 bits per heavy atom. The predicted octanol–water partition coefficient (Wildman–Crippen LogP) is 3.04. The maximum Gasteiger partial charge on any atom is 0.177 e. The number of fused-ring (bicyclic) bond motifs is 1. The minimum atomic E-state index is -0.753. The van der Waals surface area contributed by atoms with E-state index < -0.39 is 11.6 Å². The third kappa shape index (κ3) is 3.27. The summed E-state index contributed by atoms with van der Waals surface area (Å²) in [7, 11) is 0. The number of rotatable bonds is 3. The van der Waals surface area contributed by atoms with E-state index in [1.54, 1.807) is 31.2 Å². The number of imidazole rings is 1. The van der Waals surface area contributed by atoms with Crippen molar-refractivity contribution in [2.45, 2.75) is 6.92 Å². The second-order valence-corrected chi connectivity index (χ2v) is 6.18. The molecule has 142 valence electrons. The molecule has 0 atom stereocenters. The fourth-order valence-electron chi connectivity index (χ4n) is 2.89. The van der Waals surface area contributed by atoms with Crippen LogP contribution in [-0.2, 0) is 0 Å². The monoisotopic (exact) mass is 389 g/mol. The highest BCUT2D eigenvalue weighted by Crippen LogP contribution is 2.21. The number of hydrogen-bond donors (Lipinski definition) is 1. The molecule has 0 saturated heterocycles. The van der Waals surface area contributed by atoms with Crippen LogP contribution in [0.5, 0.6) is 0 Å². The summed E-state index contributed by atoms with van der Waals surface area (Å²) in [4.78, 5) is 8.58. The summed E-state index contributed by atoms with van der Waals surface area (Å²) in [5.41, 5.74) is 1.83. The zero-order valence-corrected chi connectivity index (χ0v) is 15.1. The lowest BCUT2D eigenvalue weighted by Crippen LogP contribution is -2.18. The van der Waals surface area contributed by atoms with E-state index >= 15 is 0 Å². The molecule has 2 heterocycles. The molecule has 4 rings (SSSR count). The molecule has 2 aromatic heterocycles. The van der Waals surface area contributed by atoms with Crippen molar-refractivity contribution in [3.63, 3.8) is 0 Å². The highest BCUT2D eigenvalue weighted by molar-refractivity contribution is 5.80. The van der Waals surface area contributed by atoms with E-state index in [0.29, 0.717) is 11.4 Å². The molecule has 0 aliphatic heterocycles. The highest BCUT2D eigenvalue weighted by Gasteiger charge is 2.16. The van der Waals surface area contributed by atoms with E-state index in [0.717, 1.165) is 17.7 Å². The number of aryl methyl sites for hydroxylation is 1. The summed E-state index contributed by atoms with van der Waals surface area (Å²) in [6.07, 6.45) is 2.85. The fraction of sp³-hybridized carbons (Fsp3) is 0.0500. The number of nitrogens with zero attached hydrogens (tertiary/aromatic N) is 6. The predicted molar refractivity (Wildman–Crippen MR) is 102 cm³/mol. The van der Waals surface area contributed by atoms with Gasteiger partial charge in [0.15, 0.2) is 16.7 Å². The summed E-state index contributed by atoms with van der Waals surface area (Å²) in [6.45, 7) is 1.65. The molecule has 0 radical (unpaired) electrons. The van der Waals surface area contributed by atoms with Crippen molar-refractivity contribution in [1.82, 2.24) is 19.2 Å². The second-order valence-electron chi connectivity index (χ2n) is 6.18. The minimum Gasteiger partial charge on any atom is -0.281 e. The van der Waals surface area contributed by atoms with Crippen LogP contribution in [0, 0.1) is 35.3 Å². The van der Waals surface area contributed by atoms with Crippen LogP contribution in [0.25, 0.3) is 16.9 Å². The van der Waals surface area contributed by atoms with Crippen molar-refractivity contribution in [2.24, 2.45) is 5.10 Å². The average molecular weight is 389 g/mol. The Morgan fingerprint density at radius 3 is 2.62 bits per heavy atom. The summed E-state index contributed by atoms with van der Waals surface area (Å²) in [6, 6.07) is 12.1. The molecule has 7 nitrogen and oxygen atoms in total. The number of halogens is 2. The first kappa shape index (κ1) is 18.2. The third-order valence-corrected chi connectivity index (χ3v) is 4.29. The van der Waals surface area contributed by atoms with Gasteiger partial charge in [0.2, 0.25) is 0 Å². The molecule has 0 spiro atoms. The average Bonchev–Trinajstić information content (AvgIpc) is 3.05. The molecule has 1 N–H and O–H groups in total. The lowest BCUT2D eigenvalue weighted by molar-refractivity contribution is 0.577. The Morgan fingerprint density at radius 1 is 1.17 bits per heavy atom. The van der Waals surface area contributed by atoms with E-state index in [2.05, 4.69) is 15.1 Å². The summed E-state index contributed by atoms with van der Waals surface area (Å²) in [5.74, 6) is -1.03. The van der Waals surface area contributed by atoms with Gasteiger partial charge in [0.1, 0.15) is 23.8 Å². The maximum absolute atomic E-state index is 14.3. The van der Waals surface area contributed by atoms with Crippen LogP contribution in [0.2, 0.25) is 0 Å². The number of nitriles is 1. The molecule has 0 bridgehead atoms. The Balaban J connectivity index is 1.78. The van der Waals surface area contributed by atoms with E-state index in [4.69, 9.17) is 10.7 Å². The van der Waals surface area contributed by atoms with Gasteiger partial charge in [0.05, 0.1) is 23.5 Å². The number of benzene rings is 2. The Bertz CT molecular complexity index is 1360. The zero-order valence-electron chi connectivity index (χ0n) is 15.1. The number of hydrogen-bond acceptors (Lipinski definition) is 5. The summed E-state index contributed by atoms with van der Waals surface area (Å²) < 4.78 is 30.2. The lowest BCUT2D eigenvalue weighted by atomic mass is 10.2. The quantitative estimate of drug-likeness (QED) is 0.546. The van der Waals surface area contributed by atoms with Gasteiger partial charge in [-0.25, -0.2) is 23.4 Å². The normalized spacial score (nSPS) is 11.2. The largest absolute Gasteiger partial charge is 0.281 e. The third-order valence-electron chi connectivity index (χ3n) is 4.29. The molecule has 9 heteroatoms. The molecule has 0 saturated carbocycles. The standard InChI is InChI=1S/C20H13F2N7/c1-12-27-18-19(24)28(26-10-14-4-2-13(9-23)3-5-14)11-25-20(18)29(12)17-7-6-15(21)8-16(17)22/h2-8,10-11,24H,1H3. The van der Waals surface area contributed by atoms with Crippen molar-refractivity contribution in [3.8, 4) is 11.8 Å². The zero-order chi connectivity index (χ0) is 20.5. The fourth-order valence-corrected chi connectivity index (χ4v) is 2.89. The van der Waals surface area contributed by atoms with Crippen molar-refractivity contribution >= 4 is 17.4 Å². The highest BCUT2D eigenvalue weighted by atomic mass is 19.1. The second kappa shape index (κ2) is 7.09. The van der Waals surface area contributed by atoms with Gasteiger partial charge in [-0.3, -0.25) is 9.98 Å². The Kier molecular flexibility index (Phi) is 4.44.